The van der Waals surface area contributed by atoms with E-state index in [1.807, 2.05) is 25.1 Å². The number of methoxy groups -OCH3 is 2. The highest BCUT2D eigenvalue weighted by atomic mass is 32.2. The molecule has 0 atom stereocenters. The lowest BCUT2D eigenvalue weighted by Crippen LogP contribution is -2.38. The van der Waals surface area contributed by atoms with Gasteiger partial charge < -0.3 is 19.5 Å². The van der Waals surface area contributed by atoms with Crippen molar-refractivity contribution in [2.24, 2.45) is 0 Å². The van der Waals surface area contributed by atoms with Gasteiger partial charge in [0.15, 0.2) is 5.75 Å². The third-order valence-electron chi connectivity index (χ3n) is 5.68. The van der Waals surface area contributed by atoms with Gasteiger partial charge in [0.1, 0.15) is 23.8 Å². The van der Waals surface area contributed by atoms with Crippen molar-refractivity contribution in [2.75, 3.05) is 30.4 Å². The summed E-state index contributed by atoms with van der Waals surface area (Å²) in [6.07, 6.45) is 0. The summed E-state index contributed by atoms with van der Waals surface area (Å²) in [6, 6.07) is 27.2. The SMILES string of the molecule is COc1ccc(OC)c(N(CC(=O)Nc2ccccc2Oc2ccccc2)S(=O)(=O)c2ccc(C)cc2)c1. The predicted octanol–water partition coefficient (Wildman–Crippen LogP) is 5.64. The fraction of sp³-hybridized carbons (Fsp3) is 0.138. The molecule has 1 N–H and O–H groups in total. The van der Waals surface area contributed by atoms with E-state index in [-0.39, 0.29) is 16.3 Å². The van der Waals surface area contributed by atoms with Gasteiger partial charge in [-0.15, -0.1) is 0 Å². The lowest BCUT2D eigenvalue weighted by atomic mass is 10.2. The molecule has 8 nitrogen and oxygen atoms in total. The highest BCUT2D eigenvalue weighted by Crippen LogP contribution is 2.36. The lowest BCUT2D eigenvalue weighted by molar-refractivity contribution is -0.114. The first kappa shape index (κ1) is 26.6. The van der Waals surface area contributed by atoms with Crippen LogP contribution in [0.1, 0.15) is 5.56 Å². The zero-order chi connectivity index (χ0) is 27.1. The number of rotatable bonds is 10. The first-order valence-electron chi connectivity index (χ1n) is 11.7. The van der Waals surface area contributed by atoms with Crippen LogP contribution in [0.15, 0.2) is 102 Å². The second kappa shape index (κ2) is 11.7. The van der Waals surface area contributed by atoms with E-state index in [2.05, 4.69) is 5.32 Å². The third kappa shape index (κ3) is 6.07. The molecular weight excluding hydrogens is 504 g/mol. The van der Waals surface area contributed by atoms with Crippen molar-refractivity contribution < 1.29 is 27.4 Å². The molecule has 0 saturated carbocycles. The second-order valence-corrected chi connectivity index (χ2v) is 10.2. The monoisotopic (exact) mass is 532 g/mol. The van der Waals surface area contributed by atoms with Crippen LogP contribution in [0.25, 0.3) is 0 Å². The quantitative estimate of drug-likeness (QED) is 0.284. The number of carbonyl (C=O) groups is 1. The van der Waals surface area contributed by atoms with Crippen LogP contribution in [-0.4, -0.2) is 35.1 Å². The highest BCUT2D eigenvalue weighted by molar-refractivity contribution is 7.92. The summed E-state index contributed by atoms with van der Waals surface area (Å²) in [7, 11) is -1.27. The number of nitrogens with one attached hydrogen (secondary N) is 1. The van der Waals surface area contributed by atoms with Gasteiger partial charge in [-0.05, 0) is 55.5 Å². The molecule has 0 spiro atoms. The summed E-state index contributed by atoms with van der Waals surface area (Å²) in [5, 5.41) is 2.79. The molecule has 0 heterocycles. The fourth-order valence-electron chi connectivity index (χ4n) is 3.72. The second-order valence-electron chi connectivity index (χ2n) is 8.32. The van der Waals surface area contributed by atoms with Crippen LogP contribution in [0.5, 0.6) is 23.0 Å². The Balaban J connectivity index is 1.69. The molecule has 196 valence electrons. The molecule has 0 aromatic heterocycles. The summed E-state index contributed by atoms with van der Waals surface area (Å²) in [5.41, 5.74) is 1.46. The Kier molecular flexibility index (Phi) is 8.18. The van der Waals surface area contributed by atoms with E-state index in [1.165, 1.54) is 32.4 Å². The number of hydrogen-bond acceptors (Lipinski definition) is 6. The summed E-state index contributed by atoms with van der Waals surface area (Å²) < 4.78 is 45.4. The Morgan fingerprint density at radius 2 is 1.47 bits per heavy atom. The minimum atomic E-state index is -4.17. The third-order valence-corrected chi connectivity index (χ3v) is 7.46. The summed E-state index contributed by atoms with van der Waals surface area (Å²) >= 11 is 0. The van der Waals surface area contributed by atoms with E-state index in [0.29, 0.717) is 22.9 Å². The first-order chi connectivity index (χ1) is 18.3. The number of sulfonamides is 1. The molecule has 9 heteroatoms. The Hall–Kier alpha value is -4.50. The number of hydrogen-bond donors (Lipinski definition) is 1. The Morgan fingerprint density at radius 1 is 0.789 bits per heavy atom. The van der Waals surface area contributed by atoms with Crippen LogP contribution in [0.3, 0.4) is 0 Å². The molecule has 0 fully saturated rings. The zero-order valence-electron chi connectivity index (χ0n) is 21.2. The maximum atomic E-state index is 13.8. The molecular formula is C29H28N2O6S. The molecule has 0 bridgehead atoms. The van der Waals surface area contributed by atoms with E-state index in [9.17, 15) is 13.2 Å². The Labute approximate surface area is 222 Å². The molecule has 1 amide bonds. The van der Waals surface area contributed by atoms with E-state index in [0.717, 1.165) is 9.87 Å². The number of aryl methyl sites for hydroxylation is 1. The summed E-state index contributed by atoms with van der Waals surface area (Å²) in [6.45, 7) is 1.33. The zero-order valence-corrected chi connectivity index (χ0v) is 22.1. The van der Waals surface area contributed by atoms with Crippen LogP contribution < -0.4 is 23.8 Å². The molecule has 0 aliphatic rings. The van der Waals surface area contributed by atoms with Gasteiger partial charge in [-0.1, -0.05) is 48.0 Å². The van der Waals surface area contributed by atoms with Gasteiger partial charge in [-0.25, -0.2) is 8.42 Å². The van der Waals surface area contributed by atoms with E-state index in [1.54, 1.807) is 60.7 Å². The van der Waals surface area contributed by atoms with Crippen molar-refractivity contribution >= 4 is 27.3 Å². The van der Waals surface area contributed by atoms with Crippen molar-refractivity contribution in [1.29, 1.82) is 0 Å². The number of nitrogens with zero attached hydrogens (tertiary/aromatic N) is 1. The van der Waals surface area contributed by atoms with Crippen LogP contribution in [0.2, 0.25) is 0 Å². The number of ether oxygens (including phenoxy) is 3. The van der Waals surface area contributed by atoms with E-state index < -0.39 is 22.5 Å². The van der Waals surface area contributed by atoms with Crippen molar-refractivity contribution in [2.45, 2.75) is 11.8 Å². The summed E-state index contributed by atoms with van der Waals surface area (Å²) in [5.74, 6) is 1.11. The van der Waals surface area contributed by atoms with Gasteiger partial charge in [-0.2, -0.15) is 0 Å². The minimum absolute atomic E-state index is 0.0357. The number of para-hydroxylation sites is 3. The van der Waals surface area contributed by atoms with Gasteiger partial charge in [0.05, 0.1) is 30.5 Å². The summed E-state index contributed by atoms with van der Waals surface area (Å²) in [4.78, 5) is 13.4. The number of anilines is 2. The average molecular weight is 533 g/mol. The Morgan fingerprint density at radius 3 is 2.16 bits per heavy atom. The van der Waals surface area contributed by atoms with Gasteiger partial charge in [-0.3, -0.25) is 9.10 Å². The van der Waals surface area contributed by atoms with Crippen molar-refractivity contribution in [3.63, 3.8) is 0 Å². The molecule has 0 unspecified atom stereocenters. The average Bonchev–Trinajstić information content (AvgIpc) is 2.93. The smallest absolute Gasteiger partial charge is 0.264 e. The van der Waals surface area contributed by atoms with Crippen LogP contribution in [0.4, 0.5) is 11.4 Å². The molecule has 38 heavy (non-hydrogen) atoms. The Bertz CT molecular complexity index is 1510. The van der Waals surface area contributed by atoms with Crippen molar-refractivity contribution in [1.82, 2.24) is 0 Å². The predicted molar refractivity (Wildman–Crippen MR) is 147 cm³/mol. The van der Waals surface area contributed by atoms with Crippen LogP contribution in [-0.2, 0) is 14.8 Å². The van der Waals surface area contributed by atoms with Crippen LogP contribution >= 0.6 is 0 Å². The van der Waals surface area contributed by atoms with Crippen molar-refractivity contribution in [3.05, 3.63) is 103 Å². The normalized spacial score (nSPS) is 10.9. The molecule has 4 aromatic rings. The molecule has 4 aromatic carbocycles. The number of carbonyl (C=O) groups excluding carboxylic acids is 1. The topological polar surface area (TPSA) is 94.2 Å². The molecule has 4 rings (SSSR count). The maximum absolute atomic E-state index is 13.8. The maximum Gasteiger partial charge on any atom is 0.264 e. The lowest BCUT2D eigenvalue weighted by Gasteiger charge is -2.26. The molecule has 0 radical (unpaired) electrons. The van der Waals surface area contributed by atoms with Gasteiger partial charge in [0.25, 0.3) is 10.0 Å². The molecule has 0 aliphatic heterocycles. The first-order valence-corrected chi connectivity index (χ1v) is 13.2. The minimum Gasteiger partial charge on any atom is -0.497 e. The van der Waals surface area contributed by atoms with Gasteiger partial charge in [0.2, 0.25) is 5.91 Å². The van der Waals surface area contributed by atoms with Gasteiger partial charge in [0, 0.05) is 6.07 Å². The largest absolute Gasteiger partial charge is 0.497 e. The highest BCUT2D eigenvalue weighted by Gasteiger charge is 2.30. The van der Waals surface area contributed by atoms with Gasteiger partial charge >= 0.3 is 0 Å². The number of amides is 1. The van der Waals surface area contributed by atoms with E-state index >= 15 is 0 Å². The molecule has 0 aliphatic carbocycles. The van der Waals surface area contributed by atoms with Crippen LogP contribution in [0, 0.1) is 6.92 Å². The molecule has 0 saturated heterocycles. The standard InChI is InChI=1S/C29H28N2O6S/c1-21-13-16-24(17-14-21)38(33,34)31(26-19-23(35-2)15-18-28(26)36-3)20-29(32)30-25-11-7-8-12-27(25)37-22-9-5-4-6-10-22/h4-19H,20H2,1-3H3,(H,30,32). The van der Waals surface area contributed by atoms with Crippen molar-refractivity contribution in [3.8, 4) is 23.0 Å². The fourth-order valence-corrected chi connectivity index (χ4v) is 5.15. The van der Waals surface area contributed by atoms with E-state index in [4.69, 9.17) is 14.2 Å². The number of benzene rings is 4.